The maximum atomic E-state index is 14.4. The minimum atomic E-state index is -1.13. The molecule has 43 heavy (non-hydrogen) atoms. The molecule has 0 aliphatic carbocycles. The molecule has 3 aromatic rings. The number of piperidine rings is 1. The lowest BCUT2D eigenvalue weighted by Gasteiger charge is -2.39. The fourth-order valence-corrected chi connectivity index (χ4v) is 5.54. The molecular weight excluding hydrogens is 577 g/mol. The molecule has 3 aromatic carbocycles. The number of rotatable bonds is 7. The molecule has 0 bridgehead atoms. The van der Waals surface area contributed by atoms with Gasteiger partial charge in [0.25, 0.3) is 11.8 Å². The van der Waals surface area contributed by atoms with Gasteiger partial charge in [0, 0.05) is 37.1 Å². The third kappa shape index (κ3) is 6.17. The molecule has 2 aliphatic rings. The Morgan fingerprint density at radius 2 is 1.74 bits per heavy atom. The van der Waals surface area contributed by atoms with Gasteiger partial charge >= 0.3 is 5.97 Å². The lowest BCUT2D eigenvalue weighted by atomic mass is 9.89. The smallest absolute Gasteiger partial charge is 0.335 e. The fourth-order valence-electron chi connectivity index (χ4n) is 5.37. The average Bonchev–Trinajstić information content (AvgIpc) is 3.01. The largest absolute Gasteiger partial charge is 0.478 e. The zero-order chi connectivity index (χ0) is 30.7. The summed E-state index contributed by atoms with van der Waals surface area (Å²) in [7, 11) is 0. The summed E-state index contributed by atoms with van der Waals surface area (Å²) in [5, 5.41) is 14.5. The van der Waals surface area contributed by atoms with Crippen LogP contribution in [0.15, 0.2) is 72.6 Å². The van der Waals surface area contributed by atoms with Crippen LogP contribution in [-0.2, 0) is 20.8 Å². The highest BCUT2D eigenvalue weighted by Gasteiger charge is 2.38. The van der Waals surface area contributed by atoms with Crippen molar-refractivity contribution in [3.05, 3.63) is 100 Å². The van der Waals surface area contributed by atoms with Gasteiger partial charge in [-0.05, 0) is 72.9 Å². The van der Waals surface area contributed by atoms with Gasteiger partial charge in [-0.3, -0.25) is 14.4 Å². The van der Waals surface area contributed by atoms with Crippen LogP contribution in [0, 0.1) is 5.82 Å². The van der Waals surface area contributed by atoms with Crippen LogP contribution >= 0.6 is 11.6 Å². The first-order chi connectivity index (χ1) is 20.7. The number of carboxylic acids is 1. The van der Waals surface area contributed by atoms with Crippen LogP contribution in [0.5, 0.6) is 0 Å². The Morgan fingerprint density at radius 3 is 2.47 bits per heavy atom. The third-order valence-corrected chi connectivity index (χ3v) is 7.79. The van der Waals surface area contributed by atoms with E-state index in [2.05, 4.69) is 10.6 Å². The van der Waals surface area contributed by atoms with Crippen LogP contribution in [0.3, 0.4) is 0 Å². The predicted molar refractivity (Wildman–Crippen MR) is 160 cm³/mol. The number of aromatic carboxylic acids is 1. The number of nitrogens with zero attached hydrogens (tertiary/aromatic N) is 2. The SMILES string of the molecule is N/C(=C\Nc1cccc(Cl)c1F)C(=O)N1CCc2c(cccc2N2CCCCC2=O)C1C(=O)Nc1ccc(C(=O)O)cc1. The molecule has 0 aromatic heterocycles. The number of nitrogens with two attached hydrogens (primary N) is 1. The van der Waals surface area contributed by atoms with Crippen molar-refractivity contribution in [3.63, 3.8) is 0 Å². The van der Waals surface area contributed by atoms with Crippen molar-refractivity contribution in [1.82, 2.24) is 4.90 Å². The Hall–Kier alpha value is -4.90. The van der Waals surface area contributed by atoms with Gasteiger partial charge in [-0.2, -0.15) is 0 Å². The summed E-state index contributed by atoms with van der Waals surface area (Å²) in [6.45, 7) is 0.674. The normalized spacial score (nSPS) is 16.8. The average molecular weight is 606 g/mol. The molecule has 5 N–H and O–H groups in total. The number of halogens is 2. The summed E-state index contributed by atoms with van der Waals surface area (Å²) < 4.78 is 14.4. The minimum absolute atomic E-state index is 0.00387. The molecule has 3 amide bonds. The number of fused-ring (bicyclic) bond motifs is 1. The molecular formula is C31H29ClFN5O5. The molecule has 0 saturated carbocycles. The Morgan fingerprint density at radius 1 is 1.00 bits per heavy atom. The number of hydrogen-bond donors (Lipinski definition) is 4. The third-order valence-electron chi connectivity index (χ3n) is 7.50. The van der Waals surface area contributed by atoms with E-state index in [4.69, 9.17) is 17.3 Å². The second-order valence-electron chi connectivity index (χ2n) is 10.2. The predicted octanol–water partition coefficient (Wildman–Crippen LogP) is 4.67. The molecule has 1 atom stereocenters. The second-order valence-corrected chi connectivity index (χ2v) is 10.6. The summed E-state index contributed by atoms with van der Waals surface area (Å²) in [6.07, 6.45) is 3.62. The first-order valence-electron chi connectivity index (χ1n) is 13.7. The van der Waals surface area contributed by atoms with Gasteiger partial charge in [0.15, 0.2) is 5.82 Å². The molecule has 0 spiro atoms. The Labute approximate surface area is 251 Å². The summed E-state index contributed by atoms with van der Waals surface area (Å²) in [6, 6.07) is 14.2. The van der Waals surface area contributed by atoms with Crippen LogP contribution in [0.2, 0.25) is 5.02 Å². The van der Waals surface area contributed by atoms with E-state index in [1.54, 1.807) is 17.0 Å². The van der Waals surface area contributed by atoms with Crippen LogP contribution < -0.4 is 21.3 Å². The molecule has 5 rings (SSSR count). The minimum Gasteiger partial charge on any atom is -0.478 e. The Kier molecular flexibility index (Phi) is 8.63. The number of anilines is 3. The van der Waals surface area contributed by atoms with Crippen molar-refractivity contribution < 1.29 is 28.7 Å². The zero-order valence-electron chi connectivity index (χ0n) is 23.0. The van der Waals surface area contributed by atoms with E-state index in [-0.39, 0.29) is 34.4 Å². The van der Waals surface area contributed by atoms with Crippen molar-refractivity contribution in [2.24, 2.45) is 5.73 Å². The second kappa shape index (κ2) is 12.5. The lowest BCUT2D eigenvalue weighted by Crippen LogP contribution is -2.47. The van der Waals surface area contributed by atoms with Crippen molar-refractivity contribution in [2.75, 3.05) is 28.6 Å². The van der Waals surface area contributed by atoms with E-state index < -0.39 is 29.6 Å². The first-order valence-corrected chi connectivity index (χ1v) is 14.1. The molecule has 2 heterocycles. The first kappa shape index (κ1) is 29.6. The van der Waals surface area contributed by atoms with Gasteiger partial charge in [0.1, 0.15) is 11.7 Å². The van der Waals surface area contributed by atoms with Gasteiger partial charge in [-0.15, -0.1) is 0 Å². The van der Waals surface area contributed by atoms with Crippen LogP contribution in [0.1, 0.15) is 46.8 Å². The monoisotopic (exact) mass is 605 g/mol. The summed E-state index contributed by atoms with van der Waals surface area (Å²) >= 11 is 5.84. The standard InChI is InChI=1S/C31H29ClFN5O5/c32-22-6-4-7-24(27(22)33)35-17-23(34)30(41)38-16-14-20-21(5-3-8-25(20)37-15-2-1-9-26(37)39)28(38)29(40)36-19-12-10-18(11-13-19)31(42)43/h3-8,10-13,17,28,35H,1-2,9,14-16,34H2,(H,36,40)(H,42,43)/b23-17-. The molecule has 2 aliphatic heterocycles. The van der Waals surface area contributed by atoms with Gasteiger partial charge < -0.3 is 31.3 Å². The van der Waals surface area contributed by atoms with Crippen LogP contribution in [0.25, 0.3) is 0 Å². The zero-order valence-corrected chi connectivity index (χ0v) is 23.7. The maximum absolute atomic E-state index is 14.4. The van der Waals surface area contributed by atoms with Crippen molar-refractivity contribution in [2.45, 2.75) is 31.7 Å². The molecule has 1 saturated heterocycles. The number of hydrogen-bond acceptors (Lipinski definition) is 6. The molecule has 222 valence electrons. The van der Waals surface area contributed by atoms with E-state index in [1.165, 1.54) is 47.4 Å². The topological polar surface area (TPSA) is 145 Å². The van der Waals surface area contributed by atoms with Crippen LogP contribution in [0.4, 0.5) is 21.5 Å². The fraction of sp³-hybridized carbons (Fsp3) is 0.226. The van der Waals surface area contributed by atoms with Gasteiger partial charge in [-0.25, -0.2) is 9.18 Å². The van der Waals surface area contributed by atoms with Gasteiger partial charge in [0.2, 0.25) is 5.91 Å². The Balaban J connectivity index is 1.49. The molecule has 0 radical (unpaired) electrons. The van der Waals surface area contributed by atoms with E-state index >= 15 is 0 Å². The highest BCUT2D eigenvalue weighted by Crippen LogP contribution is 2.38. The summed E-state index contributed by atoms with van der Waals surface area (Å²) in [4.78, 5) is 54.6. The quantitative estimate of drug-likeness (QED) is 0.286. The van der Waals surface area contributed by atoms with Crippen molar-refractivity contribution >= 4 is 52.4 Å². The highest BCUT2D eigenvalue weighted by atomic mass is 35.5. The van der Waals surface area contributed by atoms with Gasteiger partial charge in [0.05, 0.1) is 16.3 Å². The Bertz CT molecular complexity index is 1630. The summed E-state index contributed by atoms with van der Waals surface area (Å²) in [5.74, 6) is -3.03. The van der Waals surface area contributed by atoms with E-state index in [0.29, 0.717) is 36.3 Å². The van der Waals surface area contributed by atoms with Crippen molar-refractivity contribution in [1.29, 1.82) is 0 Å². The molecule has 1 fully saturated rings. The number of amides is 3. The van der Waals surface area contributed by atoms with Crippen molar-refractivity contribution in [3.8, 4) is 0 Å². The van der Waals surface area contributed by atoms with Crippen LogP contribution in [-0.4, -0.2) is 46.8 Å². The van der Waals surface area contributed by atoms with E-state index in [0.717, 1.165) is 24.6 Å². The highest BCUT2D eigenvalue weighted by molar-refractivity contribution is 6.31. The van der Waals surface area contributed by atoms with E-state index in [9.17, 15) is 28.7 Å². The number of benzene rings is 3. The molecule has 1 unspecified atom stereocenters. The maximum Gasteiger partial charge on any atom is 0.335 e. The molecule has 12 heteroatoms. The summed E-state index contributed by atoms with van der Waals surface area (Å²) in [5.41, 5.74) is 8.30. The number of carbonyl (C=O) groups excluding carboxylic acids is 3. The number of nitrogens with one attached hydrogen (secondary N) is 2. The lowest BCUT2D eigenvalue weighted by molar-refractivity contribution is -0.136. The van der Waals surface area contributed by atoms with Gasteiger partial charge in [-0.1, -0.05) is 29.8 Å². The van der Waals surface area contributed by atoms with E-state index in [1.807, 2.05) is 6.07 Å². The number of carboxylic acid groups (broad SMARTS) is 1. The molecule has 10 nitrogen and oxygen atoms in total. The number of carbonyl (C=O) groups is 4.